The predicted octanol–water partition coefficient (Wildman–Crippen LogP) is 2.50. The van der Waals surface area contributed by atoms with Gasteiger partial charge in [-0.1, -0.05) is 30.3 Å². The molecule has 2 aromatic rings. The van der Waals surface area contributed by atoms with Gasteiger partial charge in [0.2, 0.25) is 12.7 Å². The fourth-order valence-corrected chi connectivity index (χ4v) is 6.03. The largest absolute Gasteiger partial charge is 0.454 e. The Bertz CT molecular complexity index is 996. The topological polar surface area (TPSA) is 62.8 Å². The van der Waals surface area contributed by atoms with Crippen molar-refractivity contribution in [2.45, 2.75) is 44.3 Å². The molecule has 1 aliphatic carbocycles. The summed E-state index contributed by atoms with van der Waals surface area (Å²) in [5.74, 6) is 3.01. The molecule has 3 aliphatic heterocycles. The van der Waals surface area contributed by atoms with E-state index in [1.165, 1.54) is 29.5 Å². The van der Waals surface area contributed by atoms with Crippen molar-refractivity contribution in [1.82, 2.24) is 15.5 Å². The van der Waals surface area contributed by atoms with Crippen LogP contribution in [0.5, 0.6) is 11.5 Å². The molecule has 32 heavy (non-hydrogen) atoms. The Morgan fingerprint density at radius 2 is 1.81 bits per heavy atom. The molecule has 1 amide bonds. The summed E-state index contributed by atoms with van der Waals surface area (Å²) in [6.07, 6.45) is 4.23. The van der Waals surface area contributed by atoms with Crippen LogP contribution in [0.3, 0.4) is 0 Å². The number of hydrogen-bond acceptors (Lipinski definition) is 5. The number of fused-ring (bicyclic) bond motifs is 4. The van der Waals surface area contributed by atoms with Crippen molar-refractivity contribution < 1.29 is 14.3 Å². The van der Waals surface area contributed by atoms with E-state index in [4.69, 9.17) is 9.47 Å². The van der Waals surface area contributed by atoms with Crippen LogP contribution < -0.4 is 20.1 Å². The van der Waals surface area contributed by atoms with Gasteiger partial charge in [0.25, 0.3) is 0 Å². The average molecular weight is 434 g/mol. The van der Waals surface area contributed by atoms with Crippen LogP contribution in [-0.2, 0) is 24.2 Å². The predicted molar refractivity (Wildman–Crippen MR) is 122 cm³/mol. The van der Waals surface area contributed by atoms with E-state index >= 15 is 0 Å². The van der Waals surface area contributed by atoms with Crippen LogP contribution in [0.15, 0.2) is 42.5 Å². The third-order valence-corrected chi connectivity index (χ3v) is 7.77. The third-order valence-electron chi connectivity index (χ3n) is 7.77. The second kappa shape index (κ2) is 8.41. The minimum Gasteiger partial charge on any atom is -0.454 e. The zero-order valence-corrected chi connectivity index (χ0v) is 18.4. The highest BCUT2D eigenvalue weighted by molar-refractivity contribution is 5.82. The van der Waals surface area contributed by atoms with Gasteiger partial charge in [0, 0.05) is 32.2 Å². The molecule has 3 unspecified atom stereocenters. The Labute approximate surface area is 189 Å². The highest BCUT2D eigenvalue weighted by Gasteiger charge is 2.43. The maximum absolute atomic E-state index is 13.1. The first-order valence-electron chi connectivity index (χ1n) is 11.9. The molecule has 1 saturated heterocycles. The third kappa shape index (κ3) is 3.86. The Hall–Kier alpha value is -2.57. The Kier molecular flexibility index (Phi) is 5.27. The molecule has 6 rings (SSSR count). The molecule has 2 aromatic carbocycles. The Morgan fingerprint density at radius 1 is 1.03 bits per heavy atom. The molecule has 6 heteroatoms. The number of nitrogens with one attached hydrogen (secondary N) is 2. The first kappa shape index (κ1) is 20.1. The van der Waals surface area contributed by atoms with Crippen LogP contribution >= 0.6 is 0 Å². The van der Waals surface area contributed by atoms with Gasteiger partial charge in [-0.2, -0.15) is 0 Å². The van der Waals surface area contributed by atoms with Crippen LogP contribution in [0.25, 0.3) is 0 Å². The summed E-state index contributed by atoms with van der Waals surface area (Å²) in [4.78, 5) is 15.7. The summed E-state index contributed by atoms with van der Waals surface area (Å²) in [5, 5.41) is 6.88. The number of nitrogens with zero attached hydrogens (tertiary/aromatic N) is 1. The van der Waals surface area contributed by atoms with Gasteiger partial charge < -0.3 is 25.0 Å². The number of likely N-dealkylation sites (tertiary alicyclic amines) is 1. The Morgan fingerprint density at radius 3 is 2.66 bits per heavy atom. The van der Waals surface area contributed by atoms with Crippen molar-refractivity contribution in [3.63, 3.8) is 0 Å². The summed E-state index contributed by atoms with van der Waals surface area (Å²) in [5.41, 5.74) is 3.90. The van der Waals surface area contributed by atoms with Gasteiger partial charge in [-0.25, -0.2) is 0 Å². The number of benzene rings is 2. The van der Waals surface area contributed by atoms with Gasteiger partial charge in [0.1, 0.15) is 0 Å². The highest BCUT2D eigenvalue weighted by atomic mass is 16.7. The summed E-state index contributed by atoms with van der Waals surface area (Å²) < 4.78 is 10.9. The lowest BCUT2D eigenvalue weighted by Crippen LogP contribution is -2.57. The van der Waals surface area contributed by atoms with Gasteiger partial charge in [-0.3, -0.25) is 4.79 Å². The van der Waals surface area contributed by atoms with E-state index in [1.54, 1.807) is 0 Å². The van der Waals surface area contributed by atoms with E-state index < -0.39 is 0 Å². The molecule has 2 bridgehead atoms. The quantitative estimate of drug-likeness (QED) is 0.759. The second-order valence-electron chi connectivity index (χ2n) is 9.74. The van der Waals surface area contributed by atoms with Crippen LogP contribution in [0.4, 0.5) is 0 Å². The summed E-state index contributed by atoms with van der Waals surface area (Å²) >= 11 is 0. The van der Waals surface area contributed by atoms with Gasteiger partial charge >= 0.3 is 0 Å². The number of carbonyl (C=O) groups is 1. The van der Waals surface area contributed by atoms with Crippen molar-refractivity contribution in [2.24, 2.45) is 11.8 Å². The molecule has 3 heterocycles. The highest BCUT2D eigenvalue weighted by Crippen LogP contribution is 2.37. The monoisotopic (exact) mass is 433 g/mol. The lowest BCUT2D eigenvalue weighted by atomic mass is 9.90. The zero-order chi connectivity index (χ0) is 21.5. The fraction of sp³-hybridized carbons (Fsp3) is 0.500. The molecule has 6 nitrogen and oxygen atoms in total. The van der Waals surface area contributed by atoms with E-state index in [-0.39, 0.29) is 11.9 Å². The summed E-state index contributed by atoms with van der Waals surface area (Å²) in [6.45, 7) is 4.30. The second-order valence-corrected chi connectivity index (χ2v) is 9.74. The van der Waals surface area contributed by atoms with Crippen LogP contribution in [-0.4, -0.2) is 49.3 Å². The van der Waals surface area contributed by atoms with Gasteiger partial charge in [-0.15, -0.1) is 0 Å². The minimum absolute atomic E-state index is 0.117. The normalized spacial score (nSPS) is 28.4. The van der Waals surface area contributed by atoms with E-state index in [0.29, 0.717) is 24.7 Å². The standard InChI is InChI=1S/C26H31N3O3/c30-26(22-12-18-3-1-2-4-19(18)13-27-22)28-25-20-6-7-21(25)15-29(14-20)10-9-17-5-8-23-24(11-17)32-16-31-23/h1-5,8,11,20-22,25,27H,6-7,9-10,12-16H2,(H,28,30). The van der Waals surface area contributed by atoms with Crippen LogP contribution in [0.1, 0.15) is 29.5 Å². The lowest BCUT2D eigenvalue weighted by molar-refractivity contribution is -0.125. The zero-order valence-electron chi connectivity index (χ0n) is 18.4. The number of ether oxygens (including phenoxy) is 2. The van der Waals surface area contributed by atoms with Crippen LogP contribution in [0.2, 0.25) is 0 Å². The van der Waals surface area contributed by atoms with E-state index in [9.17, 15) is 4.79 Å². The summed E-state index contributed by atoms with van der Waals surface area (Å²) in [6, 6.07) is 14.9. The molecular weight excluding hydrogens is 402 g/mol. The SMILES string of the molecule is O=C(NC1C2CCC1CN(CCc1ccc3c(c1)OCO3)C2)C1Cc2ccccc2CN1. The molecule has 3 atom stereocenters. The molecular formula is C26H31N3O3. The maximum Gasteiger partial charge on any atom is 0.237 e. The fourth-order valence-electron chi connectivity index (χ4n) is 6.03. The van der Waals surface area contributed by atoms with Crippen molar-refractivity contribution in [1.29, 1.82) is 0 Å². The molecule has 168 valence electrons. The number of hydrogen-bond donors (Lipinski definition) is 2. The Balaban J connectivity index is 1.03. The lowest BCUT2D eigenvalue weighted by Gasteiger charge is -2.39. The first-order valence-corrected chi connectivity index (χ1v) is 11.9. The number of piperidine rings is 1. The van der Waals surface area contributed by atoms with E-state index in [1.807, 2.05) is 6.07 Å². The smallest absolute Gasteiger partial charge is 0.237 e. The van der Waals surface area contributed by atoms with Crippen molar-refractivity contribution in [3.8, 4) is 11.5 Å². The van der Waals surface area contributed by atoms with Crippen molar-refractivity contribution >= 4 is 5.91 Å². The van der Waals surface area contributed by atoms with Gasteiger partial charge in [0.05, 0.1) is 6.04 Å². The number of carbonyl (C=O) groups excluding carboxylic acids is 1. The molecule has 0 aromatic heterocycles. The van der Waals surface area contributed by atoms with E-state index in [2.05, 4.69) is 51.9 Å². The molecule has 2 fully saturated rings. The maximum atomic E-state index is 13.1. The minimum atomic E-state index is -0.117. The molecule has 2 N–H and O–H groups in total. The average Bonchev–Trinajstić information content (AvgIpc) is 3.37. The molecule has 0 radical (unpaired) electrons. The first-order chi connectivity index (χ1) is 15.7. The van der Waals surface area contributed by atoms with Crippen LogP contribution in [0, 0.1) is 11.8 Å². The van der Waals surface area contributed by atoms with Crippen molar-refractivity contribution in [3.05, 3.63) is 59.2 Å². The summed E-state index contributed by atoms with van der Waals surface area (Å²) in [7, 11) is 0. The molecule has 0 spiro atoms. The van der Waals surface area contributed by atoms with Gasteiger partial charge in [0.15, 0.2) is 11.5 Å². The molecule has 1 saturated carbocycles. The van der Waals surface area contributed by atoms with Crippen molar-refractivity contribution in [2.75, 3.05) is 26.4 Å². The molecule has 4 aliphatic rings. The van der Waals surface area contributed by atoms with E-state index in [0.717, 1.165) is 50.5 Å². The van der Waals surface area contributed by atoms with Gasteiger partial charge in [-0.05, 0) is 66.3 Å². The number of amides is 1. The number of rotatable bonds is 5.